The maximum atomic E-state index is 13.3. The smallest absolute Gasteiger partial charge is 0.274 e. The van der Waals surface area contributed by atoms with Gasteiger partial charge in [-0.3, -0.25) is 4.79 Å². The Morgan fingerprint density at radius 2 is 1.12 bits per heavy atom. The van der Waals surface area contributed by atoms with Gasteiger partial charge in [0.05, 0.1) is 26.4 Å². The summed E-state index contributed by atoms with van der Waals surface area (Å²) >= 11 is 18.3. The minimum atomic E-state index is -2.61. The van der Waals surface area contributed by atoms with Crippen molar-refractivity contribution in [1.29, 1.82) is 0 Å². The summed E-state index contributed by atoms with van der Waals surface area (Å²) in [6.45, 7) is 14.3. The third kappa shape index (κ3) is 10.8. The van der Waals surface area contributed by atoms with Gasteiger partial charge in [-0.05, 0) is 33.3 Å². The fraction of sp³-hybridized carbons (Fsp3) is 0.500. The highest BCUT2D eigenvalue weighted by atomic mass is 35.6. The molecule has 3 aromatic carbocycles. The Morgan fingerprint density at radius 3 is 1.55 bits per heavy atom. The quantitative estimate of drug-likeness (QED) is 0.116. The second kappa shape index (κ2) is 18.5. The molecule has 1 fully saturated rings. The highest BCUT2D eigenvalue weighted by Crippen LogP contribution is 2.45. The summed E-state index contributed by atoms with van der Waals surface area (Å²) in [7, 11) is -2.61. The standard InChI is InChI=1S/C38H50Cl3NO6Si/c1-26(2)49(27(3)4,28(5)6)48-35-34(46-24-31-20-14-9-15-21-31)33(45-23-30-18-12-8-13-19-30)32(25-44-22-29-16-10-7-11-17-29)47-36(35)42-37(43)38(39,40)41/h7-21,26-28,32-36H,22-25H2,1-6H3,(H,42,43)/t32-,33-,34+,35-,36+/m1/s1. The summed E-state index contributed by atoms with van der Waals surface area (Å²) in [5.41, 5.74) is 3.66. The second-order valence-corrected chi connectivity index (χ2v) is 21.2. The molecule has 0 saturated carbocycles. The largest absolute Gasteiger partial charge is 0.406 e. The fourth-order valence-electron chi connectivity index (χ4n) is 6.94. The van der Waals surface area contributed by atoms with Gasteiger partial charge in [0.2, 0.25) is 8.32 Å². The van der Waals surface area contributed by atoms with Crippen molar-refractivity contribution in [1.82, 2.24) is 5.32 Å². The molecule has 0 unspecified atom stereocenters. The molecule has 0 aromatic heterocycles. The average Bonchev–Trinajstić information content (AvgIpc) is 3.06. The van der Waals surface area contributed by atoms with Gasteiger partial charge < -0.3 is 28.7 Å². The van der Waals surface area contributed by atoms with Crippen molar-refractivity contribution in [2.45, 2.75) is 112 Å². The monoisotopic (exact) mass is 749 g/mol. The molecule has 49 heavy (non-hydrogen) atoms. The fourth-order valence-corrected chi connectivity index (χ4v) is 12.6. The Labute approximate surface area is 308 Å². The zero-order valence-corrected chi connectivity index (χ0v) is 32.5. The summed E-state index contributed by atoms with van der Waals surface area (Å²) in [5, 5.41) is 2.86. The van der Waals surface area contributed by atoms with Crippen LogP contribution in [0.4, 0.5) is 0 Å². The number of ether oxygens (including phenoxy) is 4. The molecular formula is C38H50Cl3NO6Si. The SMILES string of the molecule is CC(C)[Si](O[C@@H]1[C@@H](OCc2ccccc2)[C@H](OCc2ccccc2)[C@@H](COCc2ccccc2)O[C@@H]1NC(=O)C(Cl)(Cl)Cl)(C(C)C)C(C)C. The van der Waals surface area contributed by atoms with Gasteiger partial charge in [-0.15, -0.1) is 0 Å². The van der Waals surface area contributed by atoms with E-state index < -0.39 is 48.7 Å². The molecule has 1 N–H and O–H groups in total. The molecule has 0 aliphatic carbocycles. The third-order valence-electron chi connectivity index (χ3n) is 9.18. The van der Waals surface area contributed by atoms with E-state index in [9.17, 15) is 4.79 Å². The molecule has 0 radical (unpaired) electrons. The van der Waals surface area contributed by atoms with Crippen LogP contribution in [-0.2, 0) is 48.0 Å². The van der Waals surface area contributed by atoms with Crippen LogP contribution >= 0.6 is 34.8 Å². The predicted molar refractivity (Wildman–Crippen MR) is 199 cm³/mol. The molecule has 5 atom stereocenters. The maximum absolute atomic E-state index is 13.3. The molecule has 1 aliphatic heterocycles. The molecule has 268 valence electrons. The topological polar surface area (TPSA) is 75.2 Å². The molecule has 3 aromatic rings. The van der Waals surface area contributed by atoms with Gasteiger partial charge in [0.15, 0.2) is 6.23 Å². The molecular weight excluding hydrogens is 701 g/mol. The van der Waals surface area contributed by atoms with Crippen LogP contribution in [0.1, 0.15) is 58.2 Å². The van der Waals surface area contributed by atoms with Crippen molar-refractivity contribution in [2.24, 2.45) is 0 Å². The first-order valence-corrected chi connectivity index (χ1v) is 20.2. The predicted octanol–water partition coefficient (Wildman–Crippen LogP) is 9.15. The lowest BCUT2D eigenvalue weighted by atomic mass is 9.97. The Bertz CT molecular complexity index is 1390. The Hall–Kier alpha value is -1.98. The number of rotatable bonds is 16. The molecule has 1 heterocycles. The average molecular weight is 751 g/mol. The van der Waals surface area contributed by atoms with Crippen LogP contribution in [0, 0.1) is 0 Å². The van der Waals surface area contributed by atoms with Crippen molar-refractivity contribution in [3.05, 3.63) is 108 Å². The summed E-state index contributed by atoms with van der Waals surface area (Å²) in [5.74, 6) is -0.823. The van der Waals surface area contributed by atoms with Crippen LogP contribution in [0.2, 0.25) is 16.6 Å². The van der Waals surface area contributed by atoms with Crippen molar-refractivity contribution in [3.63, 3.8) is 0 Å². The van der Waals surface area contributed by atoms with E-state index in [4.69, 9.17) is 58.2 Å². The Kier molecular flexibility index (Phi) is 15.0. The van der Waals surface area contributed by atoms with Gasteiger partial charge in [-0.1, -0.05) is 167 Å². The molecule has 0 spiro atoms. The molecule has 1 aliphatic rings. The Morgan fingerprint density at radius 1 is 0.694 bits per heavy atom. The lowest BCUT2D eigenvalue weighted by Crippen LogP contribution is -2.68. The maximum Gasteiger partial charge on any atom is 0.274 e. The van der Waals surface area contributed by atoms with Crippen LogP contribution in [0.15, 0.2) is 91.0 Å². The molecule has 11 heteroatoms. The lowest BCUT2D eigenvalue weighted by Gasteiger charge is -2.52. The first-order chi connectivity index (χ1) is 23.3. The first kappa shape index (κ1) is 39.8. The van der Waals surface area contributed by atoms with Crippen LogP contribution in [0.3, 0.4) is 0 Å². The van der Waals surface area contributed by atoms with E-state index in [1.54, 1.807) is 0 Å². The van der Waals surface area contributed by atoms with Crippen molar-refractivity contribution < 1.29 is 28.2 Å². The van der Waals surface area contributed by atoms with Gasteiger partial charge in [-0.25, -0.2) is 0 Å². The number of carbonyl (C=O) groups excluding carboxylic acids is 1. The minimum absolute atomic E-state index is 0.146. The molecule has 7 nitrogen and oxygen atoms in total. The summed E-state index contributed by atoms with van der Waals surface area (Å²) in [6, 6.07) is 29.7. The van der Waals surface area contributed by atoms with Crippen molar-refractivity contribution in [2.75, 3.05) is 6.61 Å². The molecule has 4 rings (SSSR count). The number of amides is 1. The molecule has 1 amide bonds. The van der Waals surface area contributed by atoms with Gasteiger partial charge in [-0.2, -0.15) is 0 Å². The van der Waals surface area contributed by atoms with E-state index in [0.717, 1.165) is 16.7 Å². The molecule has 1 saturated heterocycles. The van der Waals surface area contributed by atoms with Gasteiger partial charge in [0, 0.05) is 0 Å². The highest BCUT2D eigenvalue weighted by Gasteiger charge is 2.55. The van der Waals surface area contributed by atoms with E-state index in [1.165, 1.54) is 0 Å². The zero-order valence-electron chi connectivity index (χ0n) is 29.2. The van der Waals surface area contributed by atoms with E-state index >= 15 is 0 Å². The zero-order chi connectivity index (χ0) is 35.6. The van der Waals surface area contributed by atoms with Crippen LogP contribution in [-0.4, -0.2) is 55.3 Å². The van der Waals surface area contributed by atoms with Crippen LogP contribution in [0.25, 0.3) is 0 Å². The number of hydrogen-bond donors (Lipinski definition) is 1. The normalized spacial score (nSPS) is 21.8. The number of benzene rings is 3. The Balaban J connectivity index is 1.79. The van der Waals surface area contributed by atoms with Crippen LogP contribution in [0.5, 0.6) is 0 Å². The van der Waals surface area contributed by atoms with Gasteiger partial charge in [0.1, 0.15) is 24.4 Å². The van der Waals surface area contributed by atoms with Gasteiger partial charge >= 0.3 is 0 Å². The highest BCUT2D eigenvalue weighted by molar-refractivity contribution is 6.77. The van der Waals surface area contributed by atoms with Crippen LogP contribution < -0.4 is 5.32 Å². The molecule has 0 bridgehead atoms. The lowest BCUT2D eigenvalue weighted by molar-refractivity contribution is -0.263. The van der Waals surface area contributed by atoms with Crippen molar-refractivity contribution >= 4 is 49.0 Å². The van der Waals surface area contributed by atoms with E-state index in [-0.39, 0.29) is 29.8 Å². The van der Waals surface area contributed by atoms with Gasteiger partial charge in [0.25, 0.3) is 9.70 Å². The minimum Gasteiger partial charge on any atom is -0.406 e. The van der Waals surface area contributed by atoms with E-state index in [2.05, 4.69) is 46.9 Å². The van der Waals surface area contributed by atoms with E-state index in [1.807, 2.05) is 91.0 Å². The summed E-state index contributed by atoms with van der Waals surface area (Å²) in [4.78, 5) is 13.3. The summed E-state index contributed by atoms with van der Waals surface area (Å²) in [6.07, 6.45) is -3.86. The number of alkyl halides is 3. The number of carbonyl (C=O) groups is 1. The number of hydrogen-bond acceptors (Lipinski definition) is 6. The van der Waals surface area contributed by atoms with E-state index in [0.29, 0.717) is 13.2 Å². The van der Waals surface area contributed by atoms with Crippen molar-refractivity contribution in [3.8, 4) is 0 Å². The summed E-state index contributed by atoms with van der Waals surface area (Å²) < 4.78 is 31.8. The number of nitrogens with one attached hydrogen (secondary N) is 1. The second-order valence-electron chi connectivity index (χ2n) is 13.5. The first-order valence-electron chi connectivity index (χ1n) is 17.0. The third-order valence-corrected chi connectivity index (χ3v) is 15.8. The number of halogens is 3.